The molecule has 114 valence electrons. The first-order valence-electron chi connectivity index (χ1n) is 7.16. The molecule has 21 heavy (non-hydrogen) atoms. The SMILES string of the molecule is CC(C)n1ncc2ccc(NC(=O)C3CCCN3)cc21.Cl. The maximum absolute atomic E-state index is 12.1. The van der Waals surface area contributed by atoms with E-state index in [-0.39, 0.29) is 24.4 Å². The molecule has 0 bridgehead atoms. The largest absolute Gasteiger partial charge is 0.325 e. The molecule has 1 unspecified atom stereocenters. The van der Waals surface area contributed by atoms with Crippen molar-refractivity contribution in [2.45, 2.75) is 38.8 Å². The van der Waals surface area contributed by atoms with E-state index in [9.17, 15) is 4.79 Å². The second kappa shape index (κ2) is 6.45. The topological polar surface area (TPSA) is 59.0 Å². The van der Waals surface area contributed by atoms with Gasteiger partial charge in [0, 0.05) is 17.1 Å². The first kappa shape index (κ1) is 15.8. The van der Waals surface area contributed by atoms with E-state index in [1.165, 1.54) is 0 Å². The Morgan fingerprint density at radius 1 is 1.48 bits per heavy atom. The van der Waals surface area contributed by atoms with E-state index in [0.717, 1.165) is 36.0 Å². The zero-order valence-corrected chi connectivity index (χ0v) is 13.1. The molecule has 0 radical (unpaired) electrons. The zero-order valence-electron chi connectivity index (χ0n) is 12.3. The average Bonchev–Trinajstić information content (AvgIpc) is 3.07. The van der Waals surface area contributed by atoms with Crippen LogP contribution < -0.4 is 10.6 Å². The van der Waals surface area contributed by atoms with E-state index in [1.54, 1.807) is 0 Å². The predicted octanol–water partition coefficient (Wildman–Crippen LogP) is 2.73. The summed E-state index contributed by atoms with van der Waals surface area (Å²) in [5, 5.41) is 11.7. The minimum Gasteiger partial charge on any atom is -0.325 e. The molecule has 0 saturated carbocycles. The Bertz CT molecular complexity index is 632. The molecule has 5 nitrogen and oxygen atoms in total. The number of hydrogen-bond acceptors (Lipinski definition) is 3. The lowest BCUT2D eigenvalue weighted by molar-refractivity contribution is -0.117. The van der Waals surface area contributed by atoms with Gasteiger partial charge in [0.15, 0.2) is 0 Å². The van der Waals surface area contributed by atoms with Gasteiger partial charge in [-0.2, -0.15) is 5.10 Å². The molecule has 1 aliphatic heterocycles. The Morgan fingerprint density at radius 2 is 2.29 bits per heavy atom. The van der Waals surface area contributed by atoms with Crippen molar-refractivity contribution in [1.82, 2.24) is 15.1 Å². The maximum atomic E-state index is 12.1. The van der Waals surface area contributed by atoms with Gasteiger partial charge in [-0.1, -0.05) is 0 Å². The van der Waals surface area contributed by atoms with Crippen molar-refractivity contribution in [3.63, 3.8) is 0 Å². The monoisotopic (exact) mass is 308 g/mol. The van der Waals surface area contributed by atoms with Crippen molar-refractivity contribution >= 4 is 34.9 Å². The summed E-state index contributed by atoms with van der Waals surface area (Å²) in [6.45, 7) is 5.12. The van der Waals surface area contributed by atoms with Gasteiger partial charge in [-0.05, 0) is 51.4 Å². The molecule has 1 saturated heterocycles. The third-order valence-electron chi connectivity index (χ3n) is 3.73. The highest BCUT2D eigenvalue weighted by atomic mass is 35.5. The van der Waals surface area contributed by atoms with Crippen LogP contribution in [0.25, 0.3) is 10.9 Å². The Labute approximate surface area is 130 Å². The van der Waals surface area contributed by atoms with Crippen LogP contribution in [0.2, 0.25) is 0 Å². The van der Waals surface area contributed by atoms with Crippen molar-refractivity contribution in [3.05, 3.63) is 24.4 Å². The summed E-state index contributed by atoms with van der Waals surface area (Å²) in [4.78, 5) is 12.1. The molecule has 3 rings (SSSR count). The molecule has 2 aromatic rings. The number of rotatable bonds is 3. The molecule has 1 atom stereocenters. The molecule has 2 N–H and O–H groups in total. The molecule has 1 aliphatic rings. The number of benzene rings is 1. The number of halogens is 1. The molecule has 1 aromatic carbocycles. The molecular formula is C15H21ClN4O. The Morgan fingerprint density at radius 3 is 2.95 bits per heavy atom. The number of nitrogens with zero attached hydrogens (tertiary/aromatic N) is 2. The highest BCUT2D eigenvalue weighted by Crippen LogP contribution is 2.22. The lowest BCUT2D eigenvalue weighted by Gasteiger charge is -2.12. The normalized spacial score (nSPS) is 18.0. The van der Waals surface area contributed by atoms with E-state index in [1.807, 2.05) is 29.1 Å². The maximum Gasteiger partial charge on any atom is 0.241 e. The Balaban J connectivity index is 0.00000161. The van der Waals surface area contributed by atoms with Gasteiger partial charge in [0.2, 0.25) is 5.91 Å². The number of amides is 1. The fraction of sp³-hybridized carbons (Fsp3) is 0.467. The van der Waals surface area contributed by atoms with E-state index in [0.29, 0.717) is 6.04 Å². The van der Waals surface area contributed by atoms with Crippen LogP contribution in [-0.4, -0.2) is 28.3 Å². The lowest BCUT2D eigenvalue weighted by Crippen LogP contribution is -2.35. The van der Waals surface area contributed by atoms with Crippen molar-refractivity contribution in [1.29, 1.82) is 0 Å². The van der Waals surface area contributed by atoms with Gasteiger partial charge >= 0.3 is 0 Å². The molecule has 0 aliphatic carbocycles. The summed E-state index contributed by atoms with van der Waals surface area (Å²) in [7, 11) is 0. The van der Waals surface area contributed by atoms with Crippen molar-refractivity contribution in [3.8, 4) is 0 Å². The average molecular weight is 309 g/mol. The highest BCUT2D eigenvalue weighted by Gasteiger charge is 2.22. The predicted molar refractivity (Wildman–Crippen MR) is 87.0 cm³/mol. The number of carbonyl (C=O) groups is 1. The van der Waals surface area contributed by atoms with Crippen LogP contribution in [-0.2, 0) is 4.79 Å². The Hall–Kier alpha value is -1.59. The zero-order chi connectivity index (χ0) is 14.1. The molecule has 2 heterocycles. The number of hydrogen-bond donors (Lipinski definition) is 2. The molecule has 0 spiro atoms. The summed E-state index contributed by atoms with van der Waals surface area (Å²) in [6, 6.07) is 6.17. The Kier molecular flexibility index (Phi) is 4.85. The summed E-state index contributed by atoms with van der Waals surface area (Å²) >= 11 is 0. The smallest absolute Gasteiger partial charge is 0.241 e. The fourth-order valence-corrected chi connectivity index (χ4v) is 2.66. The third kappa shape index (κ3) is 3.19. The summed E-state index contributed by atoms with van der Waals surface area (Å²) in [5.74, 6) is 0.0532. The minimum absolute atomic E-state index is 0. The van der Waals surface area contributed by atoms with Crippen LogP contribution in [0.3, 0.4) is 0 Å². The lowest BCUT2D eigenvalue weighted by atomic mass is 10.2. The second-order valence-corrected chi connectivity index (χ2v) is 5.59. The standard InChI is InChI=1S/C15H20N4O.ClH/c1-10(2)19-14-8-12(6-5-11(14)9-17-19)18-15(20)13-4-3-7-16-13;/h5-6,8-10,13,16H,3-4,7H2,1-2H3,(H,18,20);1H. The van der Waals surface area contributed by atoms with Crippen molar-refractivity contribution in [2.75, 3.05) is 11.9 Å². The van der Waals surface area contributed by atoms with E-state index >= 15 is 0 Å². The van der Waals surface area contributed by atoms with Gasteiger partial charge in [-0.3, -0.25) is 9.48 Å². The molecule has 6 heteroatoms. The van der Waals surface area contributed by atoms with Gasteiger partial charge in [-0.15, -0.1) is 12.4 Å². The molecular weight excluding hydrogens is 288 g/mol. The first-order valence-corrected chi connectivity index (χ1v) is 7.16. The quantitative estimate of drug-likeness (QED) is 0.916. The van der Waals surface area contributed by atoms with Crippen LogP contribution in [0, 0.1) is 0 Å². The molecule has 1 aromatic heterocycles. The summed E-state index contributed by atoms with van der Waals surface area (Å²) in [6.07, 6.45) is 3.84. The van der Waals surface area contributed by atoms with Crippen LogP contribution in [0.15, 0.2) is 24.4 Å². The van der Waals surface area contributed by atoms with Crippen molar-refractivity contribution < 1.29 is 4.79 Å². The van der Waals surface area contributed by atoms with E-state index < -0.39 is 0 Å². The molecule has 1 amide bonds. The second-order valence-electron chi connectivity index (χ2n) is 5.59. The summed E-state index contributed by atoms with van der Waals surface area (Å²) in [5.41, 5.74) is 1.88. The minimum atomic E-state index is -0.0549. The number of aromatic nitrogens is 2. The number of fused-ring (bicyclic) bond motifs is 1. The number of nitrogens with one attached hydrogen (secondary N) is 2. The highest BCUT2D eigenvalue weighted by molar-refractivity contribution is 5.96. The van der Waals surface area contributed by atoms with Crippen LogP contribution >= 0.6 is 12.4 Å². The third-order valence-corrected chi connectivity index (χ3v) is 3.73. The van der Waals surface area contributed by atoms with Crippen LogP contribution in [0.1, 0.15) is 32.7 Å². The van der Waals surface area contributed by atoms with Gasteiger partial charge in [0.25, 0.3) is 0 Å². The molecule has 1 fully saturated rings. The van der Waals surface area contributed by atoms with Crippen LogP contribution in [0.5, 0.6) is 0 Å². The number of anilines is 1. The van der Waals surface area contributed by atoms with Gasteiger partial charge in [0.1, 0.15) is 0 Å². The van der Waals surface area contributed by atoms with Gasteiger partial charge < -0.3 is 10.6 Å². The van der Waals surface area contributed by atoms with E-state index in [4.69, 9.17) is 0 Å². The van der Waals surface area contributed by atoms with E-state index in [2.05, 4.69) is 29.6 Å². The van der Waals surface area contributed by atoms with Gasteiger partial charge in [-0.25, -0.2) is 0 Å². The van der Waals surface area contributed by atoms with Gasteiger partial charge in [0.05, 0.1) is 17.8 Å². The van der Waals surface area contributed by atoms with Crippen molar-refractivity contribution in [2.24, 2.45) is 0 Å². The fourth-order valence-electron chi connectivity index (χ4n) is 2.66. The summed E-state index contributed by atoms with van der Waals surface area (Å²) < 4.78 is 1.97. The first-order chi connectivity index (χ1) is 9.65. The van der Waals surface area contributed by atoms with Crippen LogP contribution in [0.4, 0.5) is 5.69 Å². The number of carbonyl (C=O) groups excluding carboxylic acids is 1.